The van der Waals surface area contributed by atoms with Crippen molar-refractivity contribution in [2.75, 3.05) is 0 Å². The van der Waals surface area contributed by atoms with Crippen molar-refractivity contribution < 1.29 is 9.21 Å². The van der Waals surface area contributed by atoms with E-state index in [9.17, 15) is 4.79 Å². The van der Waals surface area contributed by atoms with Crippen molar-refractivity contribution in [2.24, 2.45) is 0 Å². The Labute approximate surface area is 108 Å². The first kappa shape index (κ1) is 11.1. The molecule has 0 saturated carbocycles. The van der Waals surface area contributed by atoms with Crippen molar-refractivity contribution in [3.63, 3.8) is 0 Å². The van der Waals surface area contributed by atoms with Gasteiger partial charge in [-0.25, -0.2) is 0 Å². The van der Waals surface area contributed by atoms with Crippen LogP contribution in [0.2, 0.25) is 0 Å². The molecule has 0 fully saturated rings. The summed E-state index contributed by atoms with van der Waals surface area (Å²) in [6, 6.07) is 3.51. The molecule has 0 aromatic carbocycles. The van der Waals surface area contributed by atoms with E-state index >= 15 is 0 Å². The minimum absolute atomic E-state index is 0.0109. The standard InChI is InChI=1S/C10H6Br2O2S/c1-5-7(11)3-8(15-5)10(13)6-2-9(12)14-4-6/h2-4H,1H3. The molecule has 2 aromatic rings. The Balaban J connectivity index is 2.36. The highest BCUT2D eigenvalue weighted by atomic mass is 79.9. The third-order valence-electron chi connectivity index (χ3n) is 1.91. The van der Waals surface area contributed by atoms with Gasteiger partial charge >= 0.3 is 0 Å². The van der Waals surface area contributed by atoms with E-state index in [-0.39, 0.29) is 5.78 Å². The molecule has 0 aliphatic carbocycles. The lowest BCUT2D eigenvalue weighted by atomic mass is 10.2. The molecule has 0 N–H and O–H groups in total. The Morgan fingerprint density at radius 3 is 2.60 bits per heavy atom. The van der Waals surface area contributed by atoms with Crippen molar-refractivity contribution >= 4 is 49.0 Å². The fraction of sp³-hybridized carbons (Fsp3) is 0.100. The molecule has 15 heavy (non-hydrogen) atoms. The lowest BCUT2D eigenvalue weighted by molar-refractivity contribution is 0.104. The van der Waals surface area contributed by atoms with E-state index in [0.717, 1.165) is 9.35 Å². The van der Waals surface area contributed by atoms with Gasteiger partial charge in [-0.05, 0) is 44.8 Å². The van der Waals surface area contributed by atoms with Crippen LogP contribution in [0.3, 0.4) is 0 Å². The number of furan rings is 1. The summed E-state index contributed by atoms with van der Waals surface area (Å²) < 4.78 is 6.57. The van der Waals surface area contributed by atoms with E-state index in [1.54, 1.807) is 6.07 Å². The number of halogens is 2. The molecule has 2 heterocycles. The average Bonchev–Trinajstić information content (AvgIpc) is 2.74. The number of carbonyl (C=O) groups excluding carboxylic acids is 1. The smallest absolute Gasteiger partial charge is 0.206 e. The van der Waals surface area contributed by atoms with Gasteiger partial charge in [0.1, 0.15) is 6.26 Å². The minimum atomic E-state index is -0.0109. The van der Waals surface area contributed by atoms with Crippen LogP contribution in [0.1, 0.15) is 20.1 Å². The van der Waals surface area contributed by atoms with E-state index in [2.05, 4.69) is 31.9 Å². The van der Waals surface area contributed by atoms with Gasteiger partial charge in [-0.2, -0.15) is 0 Å². The molecule has 0 atom stereocenters. The topological polar surface area (TPSA) is 30.2 Å². The molecule has 0 saturated heterocycles. The van der Waals surface area contributed by atoms with Gasteiger partial charge in [0.05, 0.1) is 10.4 Å². The summed E-state index contributed by atoms with van der Waals surface area (Å²) in [6.45, 7) is 1.97. The molecule has 5 heteroatoms. The predicted octanol–water partition coefficient (Wildman–Crippen LogP) is 4.41. The van der Waals surface area contributed by atoms with Crippen molar-refractivity contribution in [3.05, 3.63) is 42.9 Å². The van der Waals surface area contributed by atoms with Crippen LogP contribution >= 0.6 is 43.2 Å². The number of thiophene rings is 1. The second-order valence-corrected chi connectivity index (χ2v) is 5.88. The highest BCUT2D eigenvalue weighted by molar-refractivity contribution is 9.10. The highest BCUT2D eigenvalue weighted by Crippen LogP contribution is 2.28. The van der Waals surface area contributed by atoms with Crippen LogP contribution in [0.15, 0.2) is 32.0 Å². The maximum atomic E-state index is 11.9. The first-order valence-corrected chi connectivity index (χ1v) is 6.53. The average molecular weight is 350 g/mol. The second kappa shape index (κ2) is 4.23. The number of hydrogen-bond donors (Lipinski definition) is 0. The number of carbonyl (C=O) groups is 1. The minimum Gasteiger partial charge on any atom is -0.457 e. The number of aryl methyl sites for hydroxylation is 1. The van der Waals surface area contributed by atoms with Gasteiger partial charge in [-0.3, -0.25) is 4.79 Å². The predicted molar refractivity (Wildman–Crippen MR) is 66.6 cm³/mol. The summed E-state index contributed by atoms with van der Waals surface area (Å²) in [5.41, 5.74) is 0.565. The number of hydrogen-bond acceptors (Lipinski definition) is 3. The van der Waals surface area contributed by atoms with Gasteiger partial charge in [0.2, 0.25) is 5.78 Å². The Bertz CT molecular complexity index is 494. The third-order valence-corrected chi connectivity index (χ3v) is 4.46. The van der Waals surface area contributed by atoms with Crippen molar-refractivity contribution in [2.45, 2.75) is 6.92 Å². The summed E-state index contributed by atoms with van der Waals surface area (Å²) >= 11 is 8.03. The number of rotatable bonds is 2. The molecule has 0 amide bonds. The molecule has 78 valence electrons. The summed E-state index contributed by atoms with van der Waals surface area (Å²) in [7, 11) is 0. The van der Waals surface area contributed by atoms with E-state index < -0.39 is 0 Å². The lowest BCUT2D eigenvalue weighted by Gasteiger charge is -1.89. The quantitative estimate of drug-likeness (QED) is 0.752. The molecule has 0 unspecified atom stereocenters. The molecule has 2 rings (SSSR count). The Kier molecular flexibility index (Phi) is 3.13. The Morgan fingerprint density at radius 2 is 2.13 bits per heavy atom. The normalized spacial score (nSPS) is 10.6. The molecule has 2 aromatic heterocycles. The summed E-state index contributed by atoms with van der Waals surface area (Å²) in [4.78, 5) is 13.7. The molecular weight excluding hydrogens is 344 g/mol. The fourth-order valence-electron chi connectivity index (χ4n) is 1.14. The van der Waals surface area contributed by atoms with Crippen LogP contribution in [0, 0.1) is 6.92 Å². The van der Waals surface area contributed by atoms with Crippen LogP contribution in [0.25, 0.3) is 0 Å². The maximum absolute atomic E-state index is 11.9. The van der Waals surface area contributed by atoms with Gasteiger partial charge in [-0.1, -0.05) is 0 Å². The molecule has 0 aliphatic heterocycles. The van der Waals surface area contributed by atoms with Gasteiger partial charge in [0.15, 0.2) is 4.67 Å². The first-order chi connectivity index (χ1) is 7.08. The van der Waals surface area contributed by atoms with Crippen LogP contribution in [-0.2, 0) is 0 Å². The first-order valence-electron chi connectivity index (χ1n) is 4.12. The summed E-state index contributed by atoms with van der Waals surface area (Å²) in [5, 5.41) is 0. The Hall–Kier alpha value is -0.390. The fourth-order valence-corrected chi connectivity index (χ4v) is 2.98. The highest BCUT2D eigenvalue weighted by Gasteiger charge is 2.15. The number of ketones is 1. The van der Waals surface area contributed by atoms with E-state index in [1.807, 2.05) is 13.0 Å². The molecule has 2 nitrogen and oxygen atoms in total. The lowest BCUT2D eigenvalue weighted by Crippen LogP contribution is -1.95. The monoisotopic (exact) mass is 348 g/mol. The third kappa shape index (κ3) is 2.24. The zero-order chi connectivity index (χ0) is 11.0. The molecule has 0 spiro atoms. The molecule has 0 radical (unpaired) electrons. The molecular formula is C10H6Br2O2S. The zero-order valence-electron chi connectivity index (χ0n) is 7.71. The maximum Gasteiger partial charge on any atom is 0.206 e. The molecule has 0 aliphatic rings. The zero-order valence-corrected chi connectivity index (χ0v) is 11.7. The van der Waals surface area contributed by atoms with Crippen LogP contribution < -0.4 is 0 Å². The second-order valence-electron chi connectivity index (χ2n) is 2.98. The summed E-state index contributed by atoms with van der Waals surface area (Å²) in [6.07, 6.45) is 1.45. The van der Waals surface area contributed by atoms with Gasteiger partial charge in [0, 0.05) is 15.4 Å². The van der Waals surface area contributed by atoms with E-state index in [0.29, 0.717) is 15.1 Å². The van der Waals surface area contributed by atoms with Crippen LogP contribution in [0.4, 0.5) is 0 Å². The van der Waals surface area contributed by atoms with Gasteiger partial charge < -0.3 is 4.42 Å². The van der Waals surface area contributed by atoms with Crippen LogP contribution in [-0.4, -0.2) is 5.78 Å². The van der Waals surface area contributed by atoms with Gasteiger partial charge in [-0.15, -0.1) is 11.3 Å². The largest absolute Gasteiger partial charge is 0.457 e. The van der Waals surface area contributed by atoms with E-state index in [4.69, 9.17) is 4.42 Å². The van der Waals surface area contributed by atoms with Crippen molar-refractivity contribution in [3.8, 4) is 0 Å². The van der Waals surface area contributed by atoms with Crippen molar-refractivity contribution in [1.82, 2.24) is 0 Å². The molecule has 0 bridgehead atoms. The van der Waals surface area contributed by atoms with Gasteiger partial charge in [0.25, 0.3) is 0 Å². The van der Waals surface area contributed by atoms with Crippen LogP contribution in [0.5, 0.6) is 0 Å². The summed E-state index contributed by atoms with van der Waals surface area (Å²) in [5.74, 6) is -0.0109. The van der Waals surface area contributed by atoms with Crippen molar-refractivity contribution in [1.29, 1.82) is 0 Å². The SMILES string of the molecule is Cc1sc(C(=O)c2coc(Br)c2)cc1Br. The van der Waals surface area contributed by atoms with E-state index in [1.165, 1.54) is 17.6 Å². The Morgan fingerprint density at radius 1 is 1.40 bits per heavy atom.